The monoisotopic (exact) mass is 228 g/mol. The molecular weight excluding hydrogens is 204 g/mol. The van der Waals surface area contributed by atoms with Crippen molar-refractivity contribution in [3.63, 3.8) is 0 Å². The van der Waals surface area contributed by atoms with Gasteiger partial charge < -0.3 is 9.47 Å². The molecule has 1 fully saturated rings. The molecule has 1 aliphatic heterocycles. The SMILES string of the molecule is COC(=O)[C@@H](C)[C@@H]1CC[C@@H](C)[C@@H](C(C)C)O1. The Hall–Kier alpha value is -0.570. The first-order valence-corrected chi connectivity index (χ1v) is 6.20. The summed E-state index contributed by atoms with van der Waals surface area (Å²) >= 11 is 0. The van der Waals surface area contributed by atoms with Crippen LogP contribution in [0.4, 0.5) is 0 Å². The fourth-order valence-corrected chi connectivity index (χ4v) is 2.52. The van der Waals surface area contributed by atoms with Crippen LogP contribution in [0.5, 0.6) is 0 Å². The number of hydrogen-bond donors (Lipinski definition) is 0. The van der Waals surface area contributed by atoms with Crippen molar-refractivity contribution in [2.75, 3.05) is 7.11 Å². The van der Waals surface area contributed by atoms with Crippen LogP contribution >= 0.6 is 0 Å². The van der Waals surface area contributed by atoms with Gasteiger partial charge in [0.15, 0.2) is 0 Å². The van der Waals surface area contributed by atoms with E-state index in [1.54, 1.807) is 0 Å². The van der Waals surface area contributed by atoms with E-state index in [9.17, 15) is 4.79 Å². The largest absolute Gasteiger partial charge is 0.469 e. The van der Waals surface area contributed by atoms with Crippen molar-refractivity contribution in [3.8, 4) is 0 Å². The molecule has 1 saturated heterocycles. The normalized spacial score (nSPS) is 32.5. The first-order valence-electron chi connectivity index (χ1n) is 6.20. The van der Waals surface area contributed by atoms with Gasteiger partial charge in [-0.2, -0.15) is 0 Å². The van der Waals surface area contributed by atoms with Crippen molar-refractivity contribution in [2.24, 2.45) is 17.8 Å². The standard InChI is InChI=1S/C13H24O3/c1-8(2)12-9(3)6-7-11(16-12)10(4)13(14)15-5/h8-12H,6-7H2,1-5H3/t9-,10+,11+,12-/m1/s1. The van der Waals surface area contributed by atoms with Gasteiger partial charge in [-0.1, -0.05) is 20.8 Å². The second-order valence-electron chi connectivity index (χ2n) is 5.25. The quantitative estimate of drug-likeness (QED) is 0.697. The van der Waals surface area contributed by atoms with Crippen LogP contribution in [0.1, 0.15) is 40.5 Å². The topological polar surface area (TPSA) is 35.5 Å². The number of carbonyl (C=O) groups excluding carboxylic acids is 1. The van der Waals surface area contributed by atoms with Gasteiger partial charge >= 0.3 is 5.97 Å². The molecule has 1 aliphatic rings. The van der Waals surface area contributed by atoms with E-state index >= 15 is 0 Å². The molecule has 0 bridgehead atoms. The highest BCUT2D eigenvalue weighted by molar-refractivity contribution is 5.72. The van der Waals surface area contributed by atoms with Crippen LogP contribution in [0.25, 0.3) is 0 Å². The Kier molecular flexibility index (Phi) is 4.78. The lowest BCUT2D eigenvalue weighted by Crippen LogP contribution is -2.42. The minimum atomic E-state index is -0.165. The van der Waals surface area contributed by atoms with Gasteiger partial charge in [0, 0.05) is 0 Å². The maximum Gasteiger partial charge on any atom is 0.311 e. The lowest BCUT2D eigenvalue weighted by molar-refractivity contribution is -0.161. The zero-order chi connectivity index (χ0) is 12.3. The Labute approximate surface area is 98.5 Å². The first kappa shape index (κ1) is 13.5. The summed E-state index contributed by atoms with van der Waals surface area (Å²) in [6, 6.07) is 0. The molecule has 0 unspecified atom stereocenters. The van der Waals surface area contributed by atoms with Gasteiger partial charge in [0.05, 0.1) is 25.2 Å². The highest BCUT2D eigenvalue weighted by atomic mass is 16.5. The lowest BCUT2D eigenvalue weighted by atomic mass is 9.84. The summed E-state index contributed by atoms with van der Waals surface area (Å²) in [7, 11) is 1.43. The van der Waals surface area contributed by atoms with Gasteiger partial charge in [-0.25, -0.2) is 0 Å². The number of hydrogen-bond acceptors (Lipinski definition) is 3. The fraction of sp³-hybridized carbons (Fsp3) is 0.923. The number of ether oxygens (including phenoxy) is 2. The Balaban J connectivity index is 2.61. The van der Waals surface area contributed by atoms with Gasteiger partial charge in [0.25, 0.3) is 0 Å². The number of esters is 1. The highest BCUT2D eigenvalue weighted by Crippen LogP contribution is 2.32. The minimum Gasteiger partial charge on any atom is -0.469 e. The lowest BCUT2D eigenvalue weighted by Gasteiger charge is -2.38. The van der Waals surface area contributed by atoms with Crippen LogP contribution in [0.3, 0.4) is 0 Å². The Morgan fingerprint density at radius 1 is 1.31 bits per heavy atom. The summed E-state index contributed by atoms with van der Waals surface area (Å²) in [5, 5.41) is 0. The van der Waals surface area contributed by atoms with Gasteiger partial charge in [0.1, 0.15) is 0 Å². The van der Waals surface area contributed by atoms with E-state index in [0.717, 1.165) is 12.8 Å². The zero-order valence-electron chi connectivity index (χ0n) is 11.0. The third kappa shape index (κ3) is 2.97. The van der Waals surface area contributed by atoms with E-state index in [-0.39, 0.29) is 24.1 Å². The Morgan fingerprint density at radius 3 is 2.44 bits per heavy atom. The van der Waals surface area contributed by atoms with Crippen molar-refractivity contribution < 1.29 is 14.3 Å². The molecule has 3 heteroatoms. The van der Waals surface area contributed by atoms with Crippen LogP contribution in [0.2, 0.25) is 0 Å². The molecular formula is C13H24O3. The molecule has 0 aromatic carbocycles. The fourth-order valence-electron chi connectivity index (χ4n) is 2.52. The average molecular weight is 228 g/mol. The van der Waals surface area contributed by atoms with Crippen LogP contribution in [0.15, 0.2) is 0 Å². The van der Waals surface area contributed by atoms with Crippen LogP contribution in [0, 0.1) is 17.8 Å². The van der Waals surface area contributed by atoms with E-state index in [2.05, 4.69) is 20.8 Å². The summed E-state index contributed by atoms with van der Waals surface area (Å²) < 4.78 is 10.8. The Bertz CT molecular complexity index is 237. The van der Waals surface area contributed by atoms with Crippen molar-refractivity contribution in [1.29, 1.82) is 0 Å². The molecule has 0 spiro atoms. The molecule has 0 saturated carbocycles. The van der Waals surface area contributed by atoms with E-state index < -0.39 is 0 Å². The van der Waals surface area contributed by atoms with E-state index in [1.165, 1.54) is 7.11 Å². The van der Waals surface area contributed by atoms with Crippen molar-refractivity contribution in [1.82, 2.24) is 0 Å². The van der Waals surface area contributed by atoms with Gasteiger partial charge in [-0.15, -0.1) is 0 Å². The molecule has 16 heavy (non-hydrogen) atoms. The summed E-state index contributed by atoms with van der Waals surface area (Å²) in [6.07, 6.45) is 2.39. The van der Waals surface area contributed by atoms with E-state index in [4.69, 9.17) is 9.47 Å². The summed E-state index contributed by atoms with van der Waals surface area (Å²) in [5.74, 6) is 0.768. The van der Waals surface area contributed by atoms with Gasteiger partial charge in [-0.3, -0.25) is 4.79 Å². The number of carbonyl (C=O) groups is 1. The smallest absolute Gasteiger partial charge is 0.311 e. The zero-order valence-corrected chi connectivity index (χ0v) is 11.0. The molecule has 0 radical (unpaired) electrons. The maximum atomic E-state index is 11.5. The predicted molar refractivity (Wildman–Crippen MR) is 63.1 cm³/mol. The first-order chi connectivity index (χ1) is 7.47. The third-order valence-electron chi connectivity index (χ3n) is 3.59. The maximum absolute atomic E-state index is 11.5. The molecule has 0 aromatic rings. The number of rotatable bonds is 3. The second-order valence-corrected chi connectivity index (χ2v) is 5.25. The molecule has 0 aliphatic carbocycles. The van der Waals surface area contributed by atoms with Crippen molar-refractivity contribution in [2.45, 2.75) is 52.7 Å². The average Bonchev–Trinajstić information content (AvgIpc) is 2.27. The molecule has 0 amide bonds. The molecule has 4 atom stereocenters. The Morgan fingerprint density at radius 2 is 1.94 bits per heavy atom. The number of methoxy groups -OCH3 is 1. The second kappa shape index (κ2) is 5.67. The highest BCUT2D eigenvalue weighted by Gasteiger charge is 2.35. The summed E-state index contributed by atoms with van der Waals surface area (Å²) in [4.78, 5) is 11.5. The molecule has 0 N–H and O–H groups in total. The van der Waals surface area contributed by atoms with Crippen LogP contribution in [-0.4, -0.2) is 25.3 Å². The van der Waals surface area contributed by atoms with E-state index in [0.29, 0.717) is 11.8 Å². The predicted octanol–water partition coefficient (Wildman–Crippen LogP) is 2.64. The van der Waals surface area contributed by atoms with Crippen LogP contribution < -0.4 is 0 Å². The van der Waals surface area contributed by atoms with Crippen molar-refractivity contribution in [3.05, 3.63) is 0 Å². The van der Waals surface area contributed by atoms with Gasteiger partial charge in [0.2, 0.25) is 0 Å². The van der Waals surface area contributed by atoms with Crippen molar-refractivity contribution >= 4 is 5.97 Å². The minimum absolute atomic E-state index is 0.0241. The molecule has 1 heterocycles. The van der Waals surface area contributed by atoms with Crippen LogP contribution in [-0.2, 0) is 14.3 Å². The summed E-state index contributed by atoms with van der Waals surface area (Å²) in [6.45, 7) is 8.46. The molecule has 0 aromatic heterocycles. The molecule has 94 valence electrons. The van der Waals surface area contributed by atoms with E-state index in [1.807, 2.05) is 6.92 Å². The third-order valence-corrected chi connectivity index (χ3v) is 3.59. The molecule has 1 rings (SSSR count). The molecule has 3 nitrogen and oxygen atoms in total. The summed E-state index contributed by atoms with van der Waals surface area (Å²) in [5.41, 5.74) is 0. The van der Waals surface area contributed by atoms with Gasteiger partial charge in [-0.05, 0) is 31.6 Å².